The lowest BCUT2D eigenvalue weighted by atomic mass is 10.1. The summed E-state index contributed by atoms with van der Waals surface area (Å²) in [7, 11) is 0. The highest BCUT2D eigenvalue weighted by Crippen LogP contribution is 2.17. The second kappa shape index (κ2) is 4.95. The van der Waals surface area contributed by atoms with Crippen molar-refractivity contribution in [1.82, 2.24) is 0 Å². The van der Waals surface area contributed by atoms with E-state index in [1.54, 1.807) is 6.21 Å². The predicted octanol–water partition coefficient (Wildman–Crippen LogP) is 4.40. The Morgan fingerprint density at radius 3 is 2.56 bits per heavy atom. The fourth-order valence-corrected chi connectivity index (χ4v) is 1.59. The second-order valence-corrected chi connectivity index (χ2v) is 4.03. The van der Waals surface area contributed by atoms with Crippen LogP contribution in [0.15, 0.2) is 53.5 Å². The lowest BCUT2D eigenvalue weighted by Crippen LogP contribution is -1.84. The van der Waals surface area contributed by atoms with E-state index in [-0.39, 0.29) is 0 Å². The van der Waals surface area contributed by atoms with Gasteiger partial charge in [0.2, 0.25) is 0 Å². The van der Waals surface area contributed by atoms with Crippen molar-refractivity contribution < 1.29 is 0 Å². The van der Waals surface area contributed by atoms with Gasteiger partial charge in [0.1, 0.15) is 0 Å². The van der Waals surface area contributed by atoms with E-state index in [1.165, 1.54) is 5.56 Å². The summed E-state index contributed by atoms with van der Waals surface area (Å²) in [6.07, 6.45) is 1.80. The van der Waals surface area contributed by atoms with Gasteiger partial charge in [0.05, 0.1) is 5.69 Å². The highest BCUT2D eigenvalue weighted by atomic mass is 35.5. The van der Waals surface area contributed by atoms with Crippen molar-refractivity contribution in [1.29, 1.82) is 0 Å². The van der Waals surface area contributed by atoms with Gasteiger partial charge in [0.25, 0.3) is 0 Å². The molecule has 0 heterocycles. The van der Waals surface area contributed by atoms with Gasteiger partial charge >= 0.3 is 0 Å². The van der Waals surface area contributed by atoms with Crippen LogP contribution in [0.3, 0.4) is 0 Å². The van der Waals surface area contributed by atoms with Gasteiger partial charge in [-0.15, -0.1) is 0 Å². The predicted molar refractivity (Wildman–Crippen MR) is 69.9 cm³/mol. The highest BCUT2D eigenvalue weighted by Gasteiger charge is 1.96. The molecule has 0 aliphatic carbocycles. The average Bonchev–Trinajstić information content (AvgIpc) is 2.32. The molecule has 0 atom stereocenters. The third-order valence-corrected chi connectivity index (χ3v) is 2.60. The topological polar surface area (TPSA) is 12.4 Å². The number of hydrogen-bond acceptors (Lipinski definition) is 1. The Hall–Kier alpha value is -1.60. The molecule has 0 saturated carbocycles. The van der Waals surface area contributed by atoms with Crippen molar-refractivity contribution >= 4 is 23.5 Å². The number of aryl methyl sites for hydroxylation is 1. The molecule has 2 aromatic carbocycles. The van der Waals surface area contributed by atoms with E-state index in [4.69, 9.17) is 11.6 Å². The minimum Gasteiger partial charge on any atom is -0.256 e. The first-order valence-electron chi connectivity index (χ1n) is 5.11. The van der Waals surface area contributed by atoms with E-state index in [2.05, 4.69) is 4.99 Å². The van der Waals surface area contributed by atoms with Crippen molar-refractivity contribution in [3.8, 4) is 0 Å². The van der Waals surface area contributed by atoms with Gasteiger partial charge < -0.3 is 0 Å². The summed E-state index contributed by atoms with van der Waals surface area (Å²) in [5.41, 5.74) is 3.06. The van der Waals surface area contributed by atoms with Gasteiger partial charge in [0.15, 0.2) is 0 Å². The molecule has 0 N–H and O–H groups in total. The normalized spacial score (nSPS) is 10.9. The summed E-state index contributed by atoms with van der Waals surface area (Å²) >= 11 is 6.07. The maximum atomic E-state index is 6.07. The van der Waals surface area contributed by atoms with Crippen LogP contribution in [0, 0.1) is 6.92 Å². The van der Waals surface area contributed by atoms with Gasteiger partial charge in [-0.1, -0.05) is 41.4 Å². The minimum atomic E-state index is 0.727. The van der Waals surface area contributed by atoms with Crippen molar-refractivity contribution in [2.24, 2.45) is 4.99 Å². The lowest BCUT2D eigenvalue weighted by Gasteiger charge is -1.99. The van der Waals surface area contributed by atoms with Crippen molar-refractivity contribution in [2.45, 2.75) is 6.92 Å². The van der Waals surface area contributed by atoms with Crippen molar-refractivity contribution in [3.63, 3.8) is 0 Å². The van der Waals surface area contributed by atoms with Gasteiger partial charge in [-0.25, -0.2) is 0 Å². The number of para-hydroxylation sites is 1. The summed E-state index contributed by atoms with van der Waals surface area (Å²) < 4.78 is 0. The fraction of sp³-hybridized carbons (Fsp3) is 0.0714. The zero-order chi connectivity index (χ0) is 11.4. The van der Waals surface area contributed by atoms with Crippen LogP contribution in [0.1, 0.15) is 11.1 Å². The maximum Gasteiger partial charge on any atom is 0.0629 e. The monoisotopic (exact) mass is 229 g/mol. The molecule has 0 aliphatic heterocycles. The third kappa shape index (κ3) is 2.71. The molecule has 0 unspecified atom stereocenters. The molecule has 0 aliphatic rings. The van der Waals surface area contributed by atoms with Crippen LogP contribution in [0.2, 0.25) is 5.02 Å². The number of nitrogens with zero attached hydrogens (tertiary/aromatic N) is 1. The van der Waals surface area contributed by atoms with E-state index in [9.17, 15) is 0 Å². The third-order valence-electron chi connectivity index (χ3n) is 2.26. The lowest BCUT2D eigenvalue weighted by molar-refractivity contribution is 1.45. The van der Waals surface area contributed by atoms with Gasteiger partial charge in [-0.05, 0) is 31.2 Å². The molecule has 2 aromatic rings. The quantitative estimate of drug-likeness (QED) is 0.677. The molecule has 0 aromatic heterocycles. The standard InChI is InChI=1S/C14H12ClN/c1-11-7-8-14(15)12(9-11)10-16-13-5-3-2-4-6-13/h2-10H,1H3. The molecule has 0 bridgehead atoms. The van der Waals surface area contributed by atoms with Crippen LogP contribution < -0.4 is 0 Å². The van der Waals surface area contributed by atoms with Crippen LogP contribution in [0.5, 0.6) is 0 Å². The van der Waals surface area contributed by atoms with Crippen molar-refractivity contribution in [3.05, 3.63) is 64.7 Å². The Morgan fingerprint density at radius 2 is 1.81 bits per heavy atom. The first-order valence-corrected chi connectivity index (χ1v) is 5.49. The second-order valence-electron chi connectivity index (χ2n) is 3.62. The van der Waals surface area contributed by atoms with Gasteiger partial charge in [-0.2, -0.15) is 0 Å². The highest BCUT2D eigenvalue weighted by molar-refractivity contribution is 6.33. The number of hydrogen-bond donors (Lipinski definition) is 0. The first-order chi connectivity index (χ1) is 7.75. The summed E-state index contributed by atoms with van der Waals surface area (Å²) in [6, 6.07) is 15.7. The van der Waals surface area contributed by atoms with E-state index in [0.717, 1.165) is 16.3 Å². The van der Waals surface area contributed by atoms with E-state index < -0.39 is 0 Å². The van der Waals surface area contributed by atoms with Crippen LogP contribution in [-0.4, -0.2) is 6.21 Å². The number of benzene rings is 2. The van der Waals surface area contributed by atoms with Crippen molar-refractivity contribution in [2.75, 3.05) is 0 Å². The zero-order valence-electron chi connectivity index (χ0n) is 9.02. The Morgan fingerprint density at radius 1 is 1.06 bits per heavy atom. The van der Waals surface area contributed by atoms with Crippen LogP contribution in [-0.2, 0) is 0 Å². The molecular formula is C14H12ClN. The molecular weight excluding hydrogens is 218 g/mol. The minimum absolute atomic E-state index is 0.727. The van der Waals surface area contributed by atoms with Crippen LogP contribution in [0.25, 0.3) is 0 Å². The first kappa shape index (κ1) is 10.9. The summed E-state index contributed by atoms with van der Waals surface area (Å²) in [4.78, 5) is 4.37. The number of rotatable bonds is 2. The molecule has 0 spiro atoms. The summed E-state index contributed by atoms with van der Waals surface area (Å²) in [6.45, 7) is 2.04. The SMILES string of the molecule is Cc1ccc(Cl)c(C=Nc2ccccc2)c1. The number of aliphatic imine (C=N–C) groups is 1. The fourth-order valence-electron chi connectivity index (χ4n) is 1.42. The van der Waals surface area contributed by atoms with E-state index in [0.29, 0.717) is 0 Å². The zero-order valence-corrected chi connectivity index (χ0v) is 9.78. The Kier molecular flexibility index (Phi) is 3.37. The Bertz CT molecular complexity index is 503. The largest absolute Gasteiger partial charge is 0.256 e. The maximum absolute atomic E-state index is 6.07. The molecule has 0 radical (unpaired) electrons. The molecule has 0 amide bonds. The molecule has 1 nitrogen and oxygen atoms in total. The number of halogens is 1. The van der Waals surface area contributed by atoms with E-state index >= 15 is 0 Å². The molecule has 0 saturated heterocycles. The Labute approximate surface area is 100 Å². The smallest absolute Gasteiger partial charge is 0.0629 e. The van der Waals surface area contributed by atoms with Gasteiger partial charge in [0, 0.05) is 16.8 Å². The molecule has 0 fully saturated rings. The van der Waals surface area contributed by atoms with E-state index in [1.807, 2.05) is 55.5 Å². The van der Waals surface area contributed by atoms with Crippen LogP contribution in [0.4, 0.5) is 5.69 Å². The Balaban J connectivity index is 2.27. The molecule has 16 heavy (non-hydrogen) atoms. The van der Waals surface area contributed by atoms with Crippen LogP contribution >= 0.6 is 11.6 Å². The summed E-state index contributed by atoms with van der Waals surface area (Å²) in [5.74, 6) is 0. The average molecular weight is 230 g/mol. The molecule has 2 heteroatoms. The molecule has 2 rings (SSSR count). The summed E-state index contributed by atoms with van der Waals surface area (Å²) in [5, 5.41) is 0.727. The molecule has 80 valence electrons. The van der Waals surface area contributed by atoms with Gasteiger partial charge in [-0.3, -0.25) is 4.99 Å².